The Morgan fingerprint density at radius 1 is 1.15 bits per heavy atom. The third-order valence-corrected chi connectivity index (χ3v) is 6.27. The van der Waals surface area contributed by atoms with E-state index in [2.05, 4.69) is 6.07 Å². The van der Waals surface area contributed by atoms with Gasteiger partial charge in [-0.15, -0.1) is 0 Å². The zero-order chi connectivity index (χ0) is 24.0. The summed E-state index contributed by atoms with van der Waals surface area (Å²) in [5.41, 5.74) is 9.19. The van der Waals surface area contributed by atoms with Gasteiger partial charge < -0.3 is 10.5 Å². The Labute approximate surface area is 196 Å². The number of halogens is 1. The number of benzene rings is 2. The van der Waals surface area contributed by atoms with Gasteiger partial charge in [-0.05, 0) is 41.8 Å². The van der Waals surface area contributed by atoms with Crippen molar-refractivity contribution >= 4 is 5.78 Å². The number of hydrogen-bond donors (Lipinski definition) is 1. The number of nitriles is 1. The minimum atomic E-state index is -0.727. The largest absolute Gasteiger partial charge is 0.444 e. The van der Waals surface area contributed by atoms with E-state index < -0.39 is 5.92 Å². The molecule has 2 heterocycles. The summed E-state index contributed by atoms with van der Waals surface area (Å²) < 4.78 is 21.2. The van der Waals surface area contributed by atoms with Crippen LogP contribution >= 0.6 is 0 Å². The third-order valence-electron chi connectivity index (χ3n) is 6.27. The third kappa shape index (κ3) is 3.67. The van der Waals surface area contributed by atoms with E-state index in [0.717, 1.165) is 5.69 Å². The lowest BCUT2D eigenvalue weighted by atomic mass is 9.70. The second-order valence-electron chi connectivity index (χ2n) is 9.42. The summed E-state index contributed by atoms with van der Waals surface area (Å²) in [6.45, 7) is 4.01. The van der Waals surface area contributed by atoms with Gasteiger partial charge in [-0.25, -0.2) is 9.07 Å². The first-order chi connectivity index (χ1) is 16.3. The van der Waals surface area contributed by atoms with Crippen LogP contribution in [0.3, 0.4) is 0 Å². The van der Waals surface area contributed by atoms with Crippen LogP contribution in [-0.2, 0) is 9.53 Å². The molecule has 2 aromatic carbocycles. The van der Waals surface area contributed by atoms with E-state index in [1.165, 1.54) is 12.1 Å². The maximum Gasteiger partial charge on any atom is 0.205 e. The summed E-state index contributed by atoms with van der Waals surface area (Å²) in [5.74, 6) is -0.672. The number of allylic oxidation sites excluding steroid dienone is 3. The average Bonchev–Trinajstić information content (AvgIpc) is 3.23. The lowest BCUT2D eigenvalue weighted by molar-refractivity contribution is -0.119. The molecule has 0 saturated heterocycles. The number of rotatable bonds is 3. The Bertz CT molecular complexity index is 1390. The van der Waals surface area contributed by atoms with Crippen LogP contribution in [0.25, 0.3) is 16.9 Å². The lowest BCUT2D eigenvalue weighted by Gasteiger charge is -2.37. The van der Waals surface area contributed by atoms with Crippen LogP contribution in [-0.4, -0.2) is 15.6 Å². The summed E-state index contributed by atoms with van der Waals surface area (Å²) in [4.78, 5) is 13.4. The predicted octanol–water partition coefficient (Wildman–Crippen LogP) is 5.13. The molecule has 0 spiro atoms. The summed E-state index contributed by atoms with van der Waals surface area (Å²) in [6.07, 6.45) is 2.68. The van der Waals surface area contributed by atoms with Crippen molar-refractivity contribution in [1.82, 2.24) is 9.78 Å². The van der Waals surface area contributed by atoms with Crippen LogP contribution in [0, 0.1) is 22.6 Å². The van der Waals surface area contributed by atoms with E-state index in [1.54, 1.807) is 16.8 Å². The fourth-order valence-corrected chi connectivity index (χ4v) is 4.74. The molecule has 6 nitrogen and oxygen atoms in total. The Morgan fingerprint density at radius 2 is 1.85 bits per heavy atom. The number of hydrogen-bond acceptors (Lipinski definition) is 5. The quantitative estimate of drug-likeness (QED) is 0.592. The molecule has 1 atom stereocenters. The molecule has 170 valence electrons. The Kier molecular flexibility index (Phi) is 5.09. The molecule has 1 aromatic heterocycles. The SMILES string of the molecule is CC1(C)CC(=O)C2=C(C1)OC(N)=C(C#N)[C@@H]2c1cn(-c2ccccc2)nc1-c1ccc(F)cc1. The number of nitrogens with two attached hydrogens (primary N) is 1. The minimum Gasteiger partial charge on any atom is -0.444 e. The highest BCUT2D eigenvalue weighted by molar-refractivity contribution is 6.00. The van der Waals surface area contributed by atoms with Crippen LogP contribution in [0.4, 0.5) is 4.39 Å². The van der Waals surface area contributed by atoms with E-state index in [1.807, 2.05) is 50.4 Å². The Hall–Kier alpha value is -4.18. The maximum atomic E-state index is 13.7. The van der Waals surface area contributed by atoms with Gasteiger partial charge in [0.1, 0.15) is 23.2 Å². The highest BCUT2D eigenvalue weighted by Gasteiger charge is 2.44. The Balaban J connectivity index is 1.76. The first kappa shape index (κ1) is 21.7. The van der Waals surface area contributed by atoms with Crippen molar-refractivity contribution in [3.8, 4) is 23.0 Å². The van der Waals surface area contributed by atoms with E-state index in [9.17, 15) is 14.4 Å². The van der Waals surface area contributed by atoms with Crippen molar-refractivity contribution in [2.75, 3.05) is 0 Å². The van der Waals surface area contributed by atoms with E-state index >= 15 is 0 Å². The van der Waals surface area contributed by atoms with Crippen molar-refractivity contribution in [2.45, 2.75) is 32.6 Å². The van der Waals surface area contributed by atoms with E-state index in [4.69, 9.17) is 15.6 Å². The van der Waals surface area contributed by atoms with Crippen LogP contribution in [0.15, 0.2) is 83.6 Å². The fourth-order valence-electron chi connectivity index (χ4n) is 4.74. The first-order valence-corrected chi connectivity index (χ1v) is 11.0. The van der Waals surface area contributed by atoms with Gasteiger partial charge in [-0.1, -0.05) is 32.0 Å². The van der Waals surface area contributed by atoms with Crippen molar-refractivity contribution in [3.05, 3.63) is 95.0 Å². The number of aromatic nitrogens is 2. The monoisotopic (exact) mass is 454 g/mol. The number of ketones is 1. The molecule has 34 heavy (non-hydrogen) atoms. The molecule has 0 saturated carbocycles. The molecule has 0 bridgehead atoms. The van der Waals surface area contributed by atoms with Crippen molar-refractivity contribution in [1.29, 1.82) is 5.26 Å². The first-order valence-electron chi connectivity index (χ1n) is 11.0. The summed E-state index contributed by atoms with van der Waals surface area (Å²) in [7, 11) is 0. The number of carbonyl (C=O) groups excluding carboxylic acids is 1. The number of carbonyl (C=O) groups is 1. The molecule has 0 fully saturated rings. The van der Waals surface area contributed by atoms with Gasteiger partial charge in [0, 0.05) is 35.7 Å². The van der Waals surface area contributed by atoms with E-state index in [-0.39, 0.29) is 28.5 Å². The molecule has 5 rings (SSSR count). The van der Waals surface area contributed by atoms with Gasteiger partial charge in [0.25, 0.3) is 0 Å². The van der Waals surface area contributed by atoms with Gasteiger partial charge in [0.15, 0.2) is 5.78 Å². The molecule has 0 unspecified atom stereocenters. The Morgan fingerprint density at radius 3 is 2.53 bits per heavy atom. The number of Topliss-reactive ketones (excluding diaryl/α,β-unsaturated/α-hetero) is 1. The van der Waals surface area contributed by atoms with Gasteiger partial charge in [0.05, 0.1) is 17.3 Å². The van der Waals surface area contributed by atoms with Crippen LogP contribution in [0.5, 0.6) is 0 Å². The number of nitrogens with zero attached hydrogens (tertiary/aromatic N) is 3. The molecule has 1 aliphatic carbocycles. The maximum absolute atomic E-state index is 13.7. The predicted molar refractivity (Wildman–Crippen MR) is 125 cm³/mol. The number of para-hydroxylation sites is 1. The highest BCUT2D eigenvalue weighted by Crippen LogP contribution is 2.49. The molecule has 3 aromatic rings. The molecular formula is C27H23FN4O2. The molecule has 1 aliphatic heterocycles. The summed E-state index contributed by atoms with van der Waals surface area (Å²) in [6, 6.07) is 17.7. The summed E-state index contributed by atoms with van der Waals surface area (Å²) >= 11 is 0. The van der Waals surface area contributed by atoms with Crippen LogP contribution in [0.1, 0.15) is 38.2 Å². The van der Waals surface area contributed by atoms with Crippen molar-refractivity contribution in [2.24, 2.45) is 11.1 Å². The zero-order valence-corrected chi connectivity index (χ0v) is 18.9. The van der Waals surface area contributed by atoms with Crippen molar-refractivity contribution in [3.63, 3.8) is 0 Å². The lowest BCUT2D eigenvalue weighted by Crippen LogP contribution is -2.33. The second kappa shape index (κ2) is 7.99. The van der Waals surface area contributed by atoms with Gasteiger partial charge in [-0.2, -0.15) is 10.4 Å². The second-order valence-corrected chi connectivity index (χ2v) is 9.42. The standard InChI is InChI=1S/C27H23FN4O2/c1-27(2)12-21(33)24-22(13-27)34-26(30)19(14-29)23(24)20-15-32(18-6-4-3-5-7-18)31-25(20)16-8-10-17(28)11-9-16/h3-11,15,23H,12-13,30H2,1-2H3/t23-/m1/s1. The summed E-state index contributed by atoms with van der Waals surface area (Å²) in [5, 5.41) is 14.8. The van der Waals surface area contributed by atoms with Crippen molar-refractivity contribution < 1.29 is 13.9 Å². The number of ether oxygens (including phenoxy) is 1. The molecule has 2 aliphatic rings. The molecule has 0 radical (unpaired) electrons. The fraction of sp³-hybridized carbons (Fsp3) is 0.222. The normalized spacial score (nSPS) is 19.5. The topological polar surface area (TPSA) is 93.9 Å². The molecule has 2 N–H and O–H groups in total. The smallest absolute Gasteiger partial charge is 0.205 e. The zero-order valence-electron chi connectivity index (χ0n) is 18.9. The van der Waals surface area contributed by atoms with Gasteiger partial charge in [-0.3, -0.25) is 4.79 Å². The molecular weight excluding hydrogens is 431 g/mol. The molecule has 7 heteroatoms. The minimum absolute atomic E-state index is 0.00531. The molecule has 0 amide bonds. The average molecular weight is 455 g/mol. The van der Waals surface area contributed by atoms with Gasteiger partial charge in [0.2, 0.25) is 5.88 Å². The van der Waals surface area contributed by atoms with E-state index in [0.29, 0.717) is 41.0 Å². The van der Waals surface area contributed by atoms with Gasteiger partial charge >= 0.3 is 0 Å². The van der Waals surface area contributed by atoms with Crippen LogP contribution < -0.4 is 5.73 Å². The van der Waals surface area contributed by atoms with Crippen LogP contribution in [0.2, 0.25) is 0 Å². The highest BCUT2D eigenvalue weighted by atomic mass is 19.1.